The molecule has 2 rings (SSSR count). The molecule has 1 atom stereocenters. The first-order valence-corrected chi connectivity index (χ1v) is 18.9. The van der Waals surface area contributed by atoms with Crippen molar-refractivity contribution in [2.75, 3.05) is 51.8 Å². The average Bonchev–Trinajstić information content (AvgIpc) is 2.88. The average molecular weight is 1070 g/mol. The molecule has 0 bridgehead atoms. The predicted molar refractivity (Wildman–Crippen MR) is 179 cm³/mol. The summed E-state index contributed by atoms with van der Waals surface area (Å²) in [6, 6.07) is 8.05. The maximum absolute atomic E-state index is 12.6. The summed E-state index contributed by atoms with van der Waals surface area (Å²) in [5.41, 5.74) is 0.541. The molecule has 22 heteroatoms. The van der Waals surface area contributed by atoms with Crippen molar-refractivity contribution in [3.05, 3.63) is 49.1 Å². The Labute approximate surface area is 328 Å². The van der Waals surface area contributed by atoms with E-state index in [2.05, 4.69) is 0 Å². The number of carbonyl (C=O) groups is 3. The summed E-state index contributed by atoms with van der Waals surface area (Å²) in [5, 5.41) is 38.2. The Hall–Kier alpha value is -0.585. The smallest absolute Gasteiger partial charge is 0.508 e. The zero-order chi connectivity index (χ0) is 34.8. The van der Waals surface area contributed by atoms with Gasteiger partial charge in [-0.25, -0.2) is 0 Å². The largest absolute Gasteiger partial charge is 3.00 e. The number of benzene rings is 2. The molecule has 8 N–H and O–H groups in total. The van der Waals surface area contributed by atoms with Gasteiger partial charge in [-0.2, -0.15) is 0 Å². The number of phenolic OH excluding ortho intramolecular Hbond substituents is 1. The van der Waals surface area contributed by atoms with E-state index in [0.717, 1.165) is 9.80 Å². The van der Waals surface area contributed by atoms with Crippen molar-refractivity contribution >= 4 is 78.3 Å². The number of halogens is 2. The molecule has 2 aromatic rings. The Balaban J connectivity index is 0.0000110. The van der Waals surface area contributed by atoms with Crippen LogP contribution in [0.2, 0.25) is 0 Å². The molecular weight excluding hydrogens is 1040 g/mol. The Bertz CT molecular complexity index is 1410. The third-order valence-corrected chi connectivity index (χ3v) is 9.30. The van der Waals surface area contributed by atoms with Crippen molar-refractivity contribution in [3.8, 4) is 17.2 Å². The van der Waals surface area contributed by atoms with Crippen molar-refractivity contribution < 1.29 is 108 Å². The molecule has 0 spiro atoms. The number of carboxylic acid groups (broad SMARTS) is 3. The number of rotatable bonds is 20. The maximum atomic E-state index is 12.6. The van der Waals surface area contributed by atoms with Crippen molar-refractivity contribution in [3.63, 3.8) is 0 Å². The fraction of sp³-hybridized carbons (Fsp3) is 0.400. The topological polar surface area (TPSA) is 266 Å². The van der Waals surface area contributed by atoms with Crippen LogP contribution in [0.5, 0.6) is 17.2 Å². The summed E-state index contributed by atoms with van der Waals surface area (Å²) in [5.74, 6) is -3.13. The van der Waals surface area contributed by atoms with Gasteiger partial charge in [-0.3, -0.25) is 38.2 Å². The van der Waals surface area contributed by atoms with Crippen molar-refractivity contribution in [1.82, 2.24) is 14.7 Å². The van der Waals surface area contributed by atoms with Crippen molar-refractivity contribution in [1.29, 1.82) is 0 Å². The molecular formula is C25H33GdI2N3O14P2+3. The van der Waals surface area contributed by atoms with Gasteiger partial charge in [-0.1, -0.05) is 0 Å². The van der Waals surface area contributed by atoms with Crippen LogP contribution in [0.25, 0.3) is 0 Å². The molecule has 47 heavy (non-hydrogen) atoms. The van der Waals surface area contributed by atoms with Crippen LogP contribution in [0.15, 0.2) is 36.4 Å². The molecule has 0 aromatic heterocycles. The summed E-state index contributed by atoms with van der Waals surface area (Å²) in [4.78, 5) is 76.1. The van der Waals surface area contributed by atoms with Gasteiger partial charge in [0, 0.05) is 26.2 Å². The van der Waals surface area contributed by atoms with Gasteiger partial charge in [-0.05, 0) is 93.6 Å². The minimum absolute atomic E-state index is 0. The molecule has 0 amide bonds. The second-order valence-electron chi connectivity index (χ2n) is 10.1. The SMILES string of the molecule is O=C(O)CN(CCN(CCN(CC(=O)O)CP(=O)(O)O)C(Cc1cc(I)c(Oc2ccc(O)cc2)c(I)c1)C(=O)O)CP(=O)(O)O.[Gd+3]. The van der Waals surface area contributed by atoms with Crippen LogP contribution < -0.4 is 4.74 Å². The predicted octanol–water partition coefficient (Wildman–Crippen LogP) is 1.74. The normalized spacial score (nSPS) is 12.6. The second-order valence-corrected chi connectivity index (χ2v) is 15.6. The van der Waals surface area contributed by atoms with Gasteiger partial charge in [0.2, 0.25) is 0 Å². The van der Waals surface area contributed by atoms with E-state index in [1.165, 1.54) is 17.0 Å². The first kappa shape index (κ1) is 44.4. The molecule has 17 nitrogen and oxygen atoms in total. The molecule has 1 radical (unpaired) electrons. The molecule has 0 saturated carbocycles. The van der Waals surface area contributed by atoms with E-state index in [0.29, 0.717) is 24.2 Å². The van der Waals surface area contributed by atoms with E-state index >= 15 is 0 Å². The van der Waals surface area contributed by atoms with Crippen LogP contribution in [0, 0.1) is 47.1 Å². The third-order valence-electron chi connectivity index (χ3n) is 6.16. The van der Waals surface area contributed by atoms with Crippen LogP contribution in [0.3, 0.4) is 0 Å². The fourth-order valence-electron chi connectivity index (χ4n) is 4.32. The number of nitrogens with zero attached hydrogens (tertiary/aromatic N) is 3. The van der Waals surface area contributed by atoms with Crippen LogP contribution in [0.1, 0.15) is 5.56 Å². The van der Waals surface area contributed by atoms with Gasteiger partial charge in [0.05, 0.1) is 20.2 Å². The Morgan fingerprint density at radius 1 is 0.766 bits per heavy atom. The third kappa shape index (κ3) is 17.8. The van der Waals surface area contributed by atoms with Crippen LogP contribution in [-0.2, 0) is 29.9 Å². The maximum Gasteiger partial charge on any atom is 3.00 e. The monoisotopic (exact) mass is 1070 g/mol. The van der Waals surface area contributed by atoms with Crippen LogP contribution in [0.4, 0.5) is 0 Å². The quantitative estimate of drug-likeness (QED) is 0.0694. The van der Waals surface area contributed by atoms with Crippen molar-refractivity contribution in [2.45, 2.75) is 12.5 Å². The summed E-state index contributed by atoms with van der Waals surface area (Å²) < 4.78 is 30.4. The molecule has 0 aliphatic rings. The zero-order valence-electron chi connectivity index (χ0n) is 24.3. The van der Waals surface area contributed by atoms with E-state index in [1.54, 1.807) is 24.3 Å². The molecule has 0 fully saturated rings. The van der Waals surface area contributed by atoms with Gasteiger partial charge >= 0.3 is 73.0 Å². The number of carboxylic acids is 3. The summed E-state index contributed by atoms with van der Waals surface area (Å²) in [6.07, 6.45) is -1.98. The first-order chi connectivity index (χ1) is 21.2. The minimum Gasteiger partial charge on any atom is -0.508 e. The Morgan fingerprint density at radius 2 is 1.19 bits per heavy atom. The molecule has 1 unspecified atom stereocenters. The number of phenols is 1. The standard InChI is InChI=1S/C25H33I2N3O14P2.Gd/c26-19-9-16(10-20(27)24(19)44-18-3-1-17(31)2-4-18)11-21(25(36)37)30(7-5-28(12-22(32)33)14-45(38,39)40)8-6-29(13-23(34)35)15-46(41,42)43;/h1-4,9-10,21,31H,5-8,11-15H2,(H,32,33)(H,34,35)(H,36,37)(H2,38,39,40)(H2,41,42,43);/q;+3. The van der Waals surface area contributed by atoms with E-state index in [4.69, 9.17) is 4.74 Å². The number of hydrogen-bond acceptors (Lipinski definition) is 10. The Morgan fingerprint density at radius 3 is 1.55 bits per heavy atom. The summed E-state index contributed by atoms with van der Waals surface area (Å²) in [6.45, 7) is -2.66. The summed E-state index contributed by atoms with van der Waals surface area (Å²) >= 11 is 4.02. The second kappa shape index (κ2) is 20.3. The van der Waals surface area contributed by atoms with E-state index in [1.807, 2.05) is 45.2 Å². The van der Waals surface area contributed by atoms with Gasteiger partial charge in [0.1, 0.15) is 30.1 Å². The van der Waals surface area contributed by atoms with Gasteiger partial charge in [0.15, 0.2) is 5.75 Å². The number of aromatic hydroxyl groups is 1. The molecule has 261 valence electrons. The molecule has 0 aliphatic heterocycles. The fourth-order valence-corrected chi connectivity index (χ4v) is 7.96. The number of aliphatic carboxylic acids is 3. The number of hydrogen-bond donors (Lipinski definition) is 8. The summed E-state index contributed by atoms with van der Waals surface area (Å²) in [7, 11) is -9.42. The molecule has 0 saturated heterocycles. The molecule has 0 aliphatic carbocycles. The van der Waals surface area contributed by atoms with Crippen LogP contribution >= 0.6 is 60.4 Å². The van der Waals surface area contributed by atoms with E-state index in [9.17, 15) is 63.5 Å². The minimum atomic E-state index is -4.71. The first-order valence-electron chi connectivity index (χ1n) is 13.1. The van der Waals surface area contributed by atoms with E-state index in [-0.39, 0.29) is 78.3 Å². The molecule has 0 heterocycles. The van der Waals surface area contributed by atoms with Crippen molar-refractivity contribution in [2.24, 2.45) is 0 Å². The van der Waals surface area contributed by atoms with Gasteiger partial charge < -0.3 is 44.7 Å². The van der Waals surface area contributed by atoms with Gasteiger partial charge in [0.25, 0.3) is 0 Å². The van der Waals surface area contributed by atoms with Gasteiger partial charge in [-0.15, -0.1) is 0 Å². The van der Waals surface area contributed by atoms with Crippen LogP contribution in [-0.4, -0.2) is 130 Å². The zero-order valence-corrected chi connectivity index (χ0v) is 32.7. The Kier molecular flexibility index (Phi) is 19.2. The molecule has 2 aromatic carbocycles. The van der Waals surface area contributed by atoms with E-state index < -0.39 is 64.8 Å². The number of ether oxygens (including phenoxy) is 1.